The van der Waals surface area contributed by atoms with E-state index in [0.29, 0.717) is 22.7 Å². The van der Waals surface area contributed by atoms with Gasteiger partial charge in [-0.05, 0) is 47.9 Å². The minimum atomic E-state index is -0.142. The number of carbonyl (C=O) groups excluding carboxylic acids is 1. The Hall–Kier alpha value is -3.47. The molecule has 28 heavy (non-hydrogen) atoms. The quantitative estimate of drug-likeness (QED) is 0.745. The zero-order valence-electron chi connectivity index (χ0n) is 15.4. The van der Waals surface area contributed by atoms with Crippen molar-refractivity contribution in [2.75, 3.05) is 23.6 Å². The Morgan fingerprint density at radius 1 is 0.964 bits per heavy atom. The van der Waals surface area contributed by atoms with Crippen LogP contribution in [0.2, 0.25) is 0 Å². The Morgan fingerprint density at radius 2 is 1.79 bits per heavy atom. The van der Waals surface area contributed by atoms with E-state index in [1.54, 1.807) is 12.1 Å². The highest BCUT2D eigenvalue weighted by molar-refractivity contribution is 6.04. The van der Waals surface area contributed by atoms with Gasteiger partial charge in [-0.25, -0.2) is 0 Å². The minimum absolute atomic E-state index is 0.142. The number of ether oxygens (including phenoxy) is 2. The molecule has 1 N–H and O–H groups in total. The number of hydrogen-bond acceptors (Lipinski definition) is 4. The Bertz CT molecular complexity index is 1030. The summed E-state index contributed by atoms with van der Waals surface area (Å²) >= 11 is 0. The number of rotatable bonds is 4. The molecule has 0 aromatic heterocycles. The van der Waals surface area contributed by atoms with Crippen molar-refractivity contribution in [3.05, 3.63) is 83.4 Å². The molecule has 2 aliphatic rings. The maximum Gasteiger partial charge on any atom is 0.255 e. The molecule has 0 spiro atoms. The van der Waals surface area contributed by atoms with Crippen molar-refractivity contribution >= 4 is 17.3 Å². The number of anilines is 2. The third kappa shape index (κ3) is 3.16. The van der Waals surface area contributed by atoms with Crippen molar-refractivity contribution in [3.8, 4) is 11.5 Å². The summed E-state index contributed by atoms with van der Waals surface area (Å²) in [5, 5.41) is 2.91. The summed E-state index contributed by atoms with van der Waals surface area (Å²) in [5.74, 6) is 1.21. The molecular formula is C23H20N2O3. The second-order valence-electron chi connectivity index (χ2n) is 7.02. The number of nitrogens with one attached hydrogen (secondary N) is 1. The van der Waals surface area contributed by atoms with E-state index in [2.05, 4.69) is 34.5 Å². The average molecular weight is 372 g/mol. The molecule has 5 heteroatoms. The molecule has 0 saturated carbocycles. The lowest BCUT2D eigenvalue weighted by Crippen LogP contribution is -2.19. The number of carbonyl (C=O) groups is 1. The van der Waals surface area contributed by atoms with E-state index in [1.807, 2.05) is 30.3 Å². The third-order valence-corrected chi connectivity index (χ3v) is 5.20. The van der Waals surface area contributed by atoms with Gasteiger partial charge >= 0.3 is 0 Å². The van der Waals surface area contributed by atoms with Gasteiger partial charge in [-0.1, -0.05) is 30.3 Å². The smallest absolute Gasteiger partial charge is 0.255 e. The molecule has 140 valence electrons. The molecule has 5 nitrogen and oxygen atoms in total. The first-order valence-corrected chi connectivity index (χ1v) is 9.39. The SMILES string of the molecule is O=C(Nc1ccc2c(c1)OCO2)c1ccc(CN2CCc3ccccc32)cc1. The van der Waals surface area contributed by atoms with Gasteiger partial charge in [-0.2, -0.15) is 0 Å². The van der Waals surface area contributed by atoms with E-state index < -0.39 is 0 Å². The van der Waals surface area contributed by atoms with E-state index in [4.69, 9.17) is 9.47 Å². The van der Waals surface area contributed by atoms with Crippen LogP contribution >= 0.6 is 0 Å². The Labute approximate surface area is 163 Å². The number of nitrogens with zero attached hydrogens (tertiary/aromatic N) is 1. The zero-order valence-corrected chi connectivity index (χ0v) is 15.4. The van der Waals surface area contributed by atoms with Crippen LogP contribution in [0, 0.1) is 0 Å². The summed E-state index contributed by atoms with van der Waals surface area (Å²) in [6.07, 6.45) is 1.09. The standard InChI is InChI=1S/C23H20N2O3/c26-23(24-19-9-10-21-22(13-19)28-15-27-21)18-7-5-16(6-8-18)14-25-12-11-17-3-1-2-4-20(17)25/h1-10,13H,11-12,14-15H2,(H,24,26). The van der Waals surface area contributed by atoms with Crippen molar-refractivity contribution in [3.63, 3.8) is 0 Å². The van der Waals surface area contributed by atoms with Gasteiger partial charge in [0.1, 0.15) is 0 Å². The predicted molar refractivity (Wildman–Crippen MR) is 108 cm³/mol. The minimum Gasteiger partial charge on any atom is -0.454 e. The van der Waals surface area contributed by atoms with Gasteiger partial charge in [0, 0.05) is 36.1 Å². The summed E-state index contributed by atoms with van der Waals surface area (Å²) in [5.41, 5.74) is 5.22. The first-order valence-electron chi connectivity index (χ1n) is 9.39. The Kier molecular flexibility index (Phi) is 4.13. The lowest BCUT2D eigenvalue weighted by atomic mass is 10.1. The summed E-state index contributed by atoms with van der Waals surface area (Å²) in [6.45, 7) is 2.10. The number of para-hydroxylation sites is 1. The van der Waals surface area contributed by atoms with Gasteiger partial charge in [0.2, 0.25) is 6.79 Å². The zero-order chi connectivity index (χ0) is 18.9. The molecule has 3 aromatic rings. The Balaban J connectivity index is 1.25. The van der Waals surface area contributed by atoms with Crippen LogP contribution in [0.1, 0.15) is 21.5 Å². The molecule has 0 aliphatic carbocycles. The third-order valence-electron chi connectivity index (χ3n) is 5.20. The summed E-state index contributed by atoms with van der Waals surface area (Å²) < 4.78 is 10.6. The van der Waals surface area contributed by atoms with Crippen LogP contribution in [0.3, 0.4) is 0 Å². The van der Waals surface area contributed by atoms with Gasteiger partial charge in [0.05, 0.1) is 0 Å². The monoisotopic (exact) mass is 372 g/mol. The number of amides is 1. The number of benzene rings is 3. The van der Waals surface area contributed by atoms with Crippen molar-refractivity contribution < 1.29 is 14.3 Å². The normalized spacial score (nSPS) is 14.1. The van der Waals surface area contributed by atoms with Crippen LogP contribution in [0.15, 0.2) is 66.7 Å². The first kappa shape index (κ1) is 16.7. The van der Waals surface area contributed by atoms with Crippen LogP contribution in [-0.2, 0) is 13.0 Å². The lowest BCUT2D eigenvalue weighted by Gasteiger charge is -2.19. The van der Waals surface area contributed by atoms with E-state index in [-0.39, 0.29) is 12.7 Å². The summed E-state index contributed by atoms with van der Waals surface area (Å²) in [7, 11) is 0. The number of hydrogen-bond donors (Lipinski definition) is 1. The van der Waals surface area contributed by atoms with Gasteiger partial charge in [0.25, 0.3) is 5.91 Å². The summed E-state index contributed by atoms with van der Waals surface area (Å²) in [6, 6.07) is 21.7. The van der Waals surface area contributed by atoms with Gasteiger partial charge in [-0.15, -0.1) is 0 Å². The van der Waals surface area contributed by atoms with Gasteiger partial charge < -0.3 is 19.7 Å². The van der Waals surface area contributed by atoms with E-state index in [9.17, 15) is 4.79 Å². The molecule has 2 heterocycles. The highest BCUT2D eigenvalue weighted by Gasteiger charge is 2.18. The van der Waals surface area contributed by atoms with Crippen molar-refractivity contribution in [2.24, 2.45) is 0 Å². The van der Waals surface area contributed by atoms with Crippen LogP contribution in [-0.4, -0.2) is 19.2 Å². The van der Waals surface area contributed by atoms with Crippen molar-refractivity contribution in [2.45, 2.75) is 13.0 Å². The van der Waals surface area contributed by atoms with Crippen LogP contribution in [0.25, 0.3) is 0 Å². The molecule has 1 amide bonds. The highest BCUT2D eigenvalue weighted by Crippen LogP contribution is 2.34. The molecule has 0 fully saturated rings. The second-order valence-corrected chi connectivity index (χ2v) is 7.02. The number of fused-ring (bicyclic) bond motifs is 2. The predicted octanol–water partition coefficient (Wildman–Crippen LogP) is 4.23. The summed E-state index contributed by atoms with van der Waals surface area (Å²) in [4.78, 5) is 14.9. The molecule has 0 radical (unpaired) electrons. The molecule has 2 aliphatic heterocycles. The maximum absolute atomic E-state index is 12.5. The first-order chi connectivity index (χ1) is 13.8. The maximum atomic E-state index is 12.5. The van der Waals surface area contributed by atoms with Crippen LogP contribution < -0.4 is 19.7 Å². The molecule has 0 atom stereocenters. The molecule has 0 unspecified atom stereocenters. The lowest BCUT2D eigenvalue weighted by molar-refractivity contribution is 0.102. The molecule has 0 saturated heterocycles. The molecule has 0 bridgehead atoms. The molecule has 3 aromatic carbocycles. The van der Waals surface area contributed by atoms with Crippen LogP contribution in [0.5, 0.6) is 11.5 Å². The average Bonchev–Trinajstić information content (AvgIpc) is 3.35. The molecular weight excluding hydrogens is 352 g/mol. The highest BCUT2D eigenvalue weighted by atomic mass is 16.7. The fourth-order valence-corrected chi connectivity index (χ4v) is 3.73. The fraction of sp³-hybridized carbons (Fsp3) is 0.174. The van der Waals surface area contributed by atoms with Gasteiger partial charge in [0.15, 0.2) is 11.5 Å². The Morgan fingerprint density at radius 3 is 2.68 bits per heavy atom. The van der Waals surface area contributed by atoms with Crippen LogP contribution in [0.4, 0.5) is 11.4 Å². The van der Waals surface area contributed by atoms with Crippen molar-refractivity contribution in [1.29, 1.82) is 0 Å². The largest absolute Gasteiger partial charge is 0.454 e. The van der Waals surface area contributed by atoms with E-state index in [1.165, 1.54) is 16.8 Å². The van der Waals surface area contributed by atoms with Gasteiger partial charge in [-0.3, -0.25) is 4.79 Å². The van der Waals surface area contributed by atoms with E-state index >= 15 is 0 Å². The van der Waals surface area contributed by atoms with E-state index in [0.717, 1.165) is 19.5 Å². The second kappa shape index (κ2) is 6.93. The molecule has 5 rings (SSSR count). The van der Waals surface area contributed by atoms with Crippen molar-refractivity contribution in [1.82, 2.24) is 0 Å². The topological polar surface area (TPSA) is 50.8 Å². The fourth-order valence-electron chi connectivity index (χ4n) is 3.73.